The second-order valence-corrected chi connectivity index (χ2v) is 2.38. The highest BCUT2D eigenvalue weighted by atomic mass is 16.3. The minimum atomic E-state index is -0.198. The summed E-state index contributed by atoms with van der Waals surface area (Å²) >= 11 is 0. The summed E-state index contributed by atoms with van der Waals surface area (Å²) < 4.78 is 4.99. The van der Waals surface area contributed by atoms with Crippen molar-refractivity contribution < 1.29 is 4.42 Å². The minimum absolute atomic E-state index is 0.0492. The predicted molar refractivity (Wildman–Crippen MR) is 42.7 cm³/mol. The van der Waals surface area contributed by atoms with Gasteiger partial charge < -0.3 is 9.40 Å². The highest BCUT2D eigenvalue weighted by molar-refractivity contribution is 5.74. The topological polar surface area (TPSA) is 69.8 Å². The van der Waals surface area contributed by atoms with Crippen LogP contribution in [0.15, 0.2) is 33.6 Å². The van der Waals surface area contributed by atoms with Gasteiger partial charge >= 0.3 is 0 Å². The molecule has 0 aliphatic heterocycles. The second-order valence-electron chi connectivity index (χ2n) is 2.38. The van der Waals surface area contributed by atoms with Crippen molar-refractivity contribution in [1.82, 2.24) is 4.98 Å². The quantitative estimate of drug-likeness (QED) is 0.595. The molecule has 60 valence electrons. The van der Waals surface area contributed by atoms with E-state index in [0.717, 1.165) is 0 Å². The summed E-state index contributed by atoms with van der Waals surface area (Å²) in [7, 11) is 0. The van der Waals surface area contributed by atoms with Gasteiger partial charge in [0, 0.05) is 12.3 Å². The summed E-state index contributed by atoms with van der Waals surface area (Å²) in [4.78, 5) is 13.6. The number of hydrogen-bond acceptors (Lipinski definition) is 3. The van der Waals surface area contributed by atoms with Gasteiger partial charge in [0.1, 0.15) is 5.58 Å². The van der Waals surface area contributed by atoms with E-state index in [1.807, 2.05) is 0 Å². The lowest BCUT2D eigenvalue weighted by Gasteiger charge is -1.92. The summed E-state index contributed by atoms with van der Waals surface area (Å²) in [6, 6.07) is 4.63. The van der Waals surface area contributed by atoms with Gasteiger partial charge in [-0.2, -0.15) is 0 Å². The lowest BCUT2D eigenvalue weighted by molar-refractivity contribution is 0.532. The first-order valence-electron chi connectivity index (χ1n) is 3.43. The fourth-order valence-electron chi connectivity index (χ4n) is 1.03. The third-order valence-electron chi connectivity index (χ3n) is 1.58. The molecule has 0 atom stereocenters. The summed E-state index contributed by atoms with van der Waals surface area (Å²) in [5.74, 6) is 0. The molecular formula is C8H6N2O2. The van der Waals surface area contributed by atoms with E-state index >= 15 is 0 Å². The summed E-state index contributed by atoms with van der Waals surface area (Å²) in [5.41, 5.74) is 0.288. The SMILES string of the molecule is N=c1ccc2c(=O)[nH]ccc2o1. The van der Waals surface area contributed by atoms with Crippen molar-refractivity contribution in [2.45, 2.75) is 0 Å². The van der Waals surface area contributed by atoms with E-state index in [4.69, 9.17) is 9.83 Å². The van der Waals surface area contributed by atoms with E-state index in [-0.39, 0.29) is 11.1 Å². The fraction of sp³-hybridized carbons (Fsp3) is 0. The highest BCUT2D eigenvalue weighted by Crippen LogP contribution is 2.02. The molecule has 0 unspecified atom stereocenters. The van der Waals surface area contributed by atoms with Crippen molar-refractivity contribution in [3.63, 3.8) is 0 Å². The average Bonchev–Trinajstić information content (AvgIpc) is 2.04. The second kappa shape index (κ2) is 2.34. The summed E-state index contributed by atoms with van der Waals surface area (Å²) in [6.45, 7) is 0. The standard InChI is InChI=1S/C8H6N2O2/c9-7-2-1-5-6(12-7)3-4-10-8(5)11/h1-4,9H,(H,10,11). The third kappa shape index (κ3) is 0.934. The summed E-state index contributed by atoms with van der Waals surface area (Å²) in [6.07, 6.45) is 1.49. The molecule has 0 saturated carbocycles. The molecule has 0 fully saturated rings. The maximum Gasteiger partial charge on any atom is 0.258 e. The van der Waals surface area contributed by atoms with E-state index < -0.39 is 0 Å². The molecule has 2 aromatic rings. The molecule has 0 radical (unpaired) electrons. The van der Waals surface area contributed by atoms with Gasteiger partial charge in [-0.1, -0.05) is 0 Å². The van der Waals surface area contributed by atoms with Crippen molar-refractivity contribution in [3.8, 4) is 0 Å². The van der Waals surface area contributed by atoms with Crippen LogP contribution in [0.4, 0.5) is 0 Å². The van der Waals surface area contributed by atoms with E-state index in [1.165, 1.54) is 12.3 Å². The van der Waals surface area contributed by atoms with Gasteiger partial charge in [-0.05, 0) is 12.1 Å². The first-order chi connectivity index (χ1) is 5.77. The molecular weight excluding hydrogens is 156 g/mol. The molecule has 0 bridgehead atoms. The van der Waals surface area contributed by atoms with E-state index in [2.05, 4.69) is 4.98 Å². The van der Waals surface area contributed by atoms with Crippen LogP contribution >= 0.6 is 0 Å². The number of H-pyrrole nitrogens is 1. The Morgan fingerprint density at radius 2 is 2.17 bits per heavy atom. The average molecular weight is 162 g/mol. The zero-order valence-electron chi connectivity index (χ0n) is 6.13. The van der Waals surface area contributed by atoms with Crippen LogP contribution in [0.5, 0.6) is 0 Å². The van der Waals surface area contributed by atoms with E-state index in [1.54, 1.807) is 12.1 Å². The Morgan fingerprint density at radius 1 is 1.33 bits per heavy atom. The van der Waals surface area contributed by atoms with Crippen LogP contribution in [0.3, 0.4) is 0 Å². The molecule has 0 aromatic carbocycles. The zero-order chi connectivity index (χ0) is 8.55. The number of hydrogen-bond donors (Lipinski definition) is 2. The molecule has 2 rings (SSSR count). The van der Waals surface area contributed by atoms with Crippen molar-refractivity contribution in [2.24, 2.45) is 0 Å². The molecule has 0 amide bonds. The van der Waals surface area contributed by atoms with Gasteiger partial charge in [0.25, 0.3) is 5.56 Å². The summed E-state index contributed by atoms with van der Waals surface area (Å²) in [5, 5.41) is 7.63. The normalized spacial score (nSPS) is 10.3. The molecule has 4 nitrogen and oxygen atoms in total. The van der Waals surface area contributed by atoms with Crippen LogP contribution in [0.2, 0.25) is 0 Å². The highest BCUT2D eigenvalue weighted by Gasteiger charge is 1.97. The Hall–Kier alpha value is -1.84. The minimum Gasteiger partial charge on any atom is -0.439 e. The van der Waals surface area contributed by atoms with Crippen LogP contribution in [-0.2, 0) is 0 Å². The maximum absolute atomic E-state index is 11.1. The van der Waals surface area contributed by atoms with Crippen LogP contribution in [0, 0.1) is 5.41 Å². The fourth-order valence-corrected chi connectivity index (χ4v) is 1.03. The number of pyridine rings is 1. The maximum atomic E-state index is 11.1. The van der Waals surface area contributed by atoms with Gasteiger partial charge in [0.2, 0.25) is 5.55 Å². The Labute approximate surface area is 67.0 Å². The molecule has 2 N–H and O–H groups in total. The van der Waals surface area contributed by atoms with Crippen LogP contribution in [0.1, 0.15) is 0 Å². The first-order valence-corrected chi connectivity index (χ1v) is 3.43. The first kappa shape index (κ1) is 6.84. The number of aromatic nitrogens is 1. The van der Waals surface area contributed by atoms with Crippen LogP contribution in [-0.4, -0.2) is 4.98 Å². The number of rotatable bonds is 0. The van der Waals surface area contributed by atoms with Crippen LogP contribution in [0.25, 0.3) is 11.0 Å². The predicted octanol–water partition coefficient (Wildman–Crippen LogP) is 0.601. The number of nitrogens with one attached hydrogen (secondary N) is 2. The van der Waals surface area contributed by atoms with Crippen molar-refractivity contribution in [1.29, 1.82) is 5.41 Å². The molecule has 0 spiro atoms. The molecule has 2 aromatic heterocycles. The Bertz CT molecular complexity index is 524. The lowest BCUT2D eigenvalue weighted by atomic mass is 10.3. The van der Waals surface area contributed by atoms with Gasteiger partial charge in [-0.15, -0.1) is 0 Å². The monoisotopic (exact) mass is 162 g/mol. The molecule has 0 aliphatic carbocycles. The molecule has 0 aliphatic rings. The Kier molecular flexibility index (Phi) is 1.33. The van der Waals surface area contributed by atoms with Crippen molar-refractivity contribution in [3.05, 3.63) is 40.3 Å². The lowest BCUT2D eigenvalue weighted by Crippen LogP contribution is -2.06. The van der Waals surface area contributed by atoms with Gasteiger partial charge in [0.15, 0.2) is 0 Å². The van der Waals surface area contributed by atoms with Crippen molar-refractivity contribution in [2.75, 3.05) is 0 Å². The third-order valence-corrected chi connectivity index (χ3v) is 1.58. The Balaban J connectivity index is 3.06. The zero-order valence-corrected chi connectivity index (χ0v) is 6.13. The Morgan fingerprint density at radius 3 is 3.00 bits per heavy atom. The number of aromatic amines is 1. The molecule has 12 heavy (non-hydrogen) atoms. The largest absolute Gasteiger partial charge is 0.439 e. The van der Waals surface area contributed by atoms with Crippen molar-refractivity contribution >= 4 is 11.0 Å². The molecule has 0 saturated heterocycles. The van der Waals surface area contributed by atoms with Gasteiger partial charge in [0.05, 0.1) is 5.39 Å². The van der Waals surface area contributed by atoms with Gasteiger partial charge in [-0.3, -0.25) is 10.2 Å². The number of fused-ring (bicyclic) bond motifs is 1. The smallest absolute Gasteiger partial charge is 0.258 e. The van der Waals surface area contributed by atoms with Crippen LogP contribution < -0.4 is 11.1 Å². The molecule has 4 heteroatoms. The van der Waals surface area contributed by atoms with E-state index in [9.17, 15) is 4.79 Å². The van der Waals surface area contributed by atoms with E-state index in [0.29, 0.717) is 11.0 Å². The van der Waals surface area contributed by atoms with Gasteiger partial charge in [-0.25, -0.2) is 0 Å². The molecule has 2 heterocycles.